The molecule has 0 N–H and O–H groups in total. The van der Waals surface area contributed by atoms with Crippen LogP contribution in [0.4, 0.5) is 5.69 Å². The number of carbonyl (C=O) groups is 1. The first kappa shape index (κ1) is 13.1. The molecule has 5 heteroatoms. The lowest BCUT2D eigenvalue weighted by Gasteiger charge is -2.36. The number of hydrogen-bond acceptors (Lipinski definition) is 4. The molecule has 0 atom stereocenters. The van der Waals surface area contributed by atoms with E-state index in [9.17, 15) is 4.79 Å². The molecule has 1 amide bonds. The SMILES string of the molecule is Cc1cccc(N2CCN(C(=O)c3cscn3)CC2)c1. The fourth-order valence-corrected chi connectivity index (χ4v) is 3.00. The second-order valence-corrected chi connectivity index (χ2v) is 5.71. The molecule has 1 fully saturated rings. The Morgan fingerprint density at radius 1 is 1.25 bits per heavy atom. The van der Waals surface area contributed by atoms with Gasteiger partial charge in [0.2, 0.25) is 0 Å². The van der Waals surface area contributed by atoms with Crippen LogP contribution in [0.5, 0.6) is 0 Å². The minimum Gasteiger partial charge on any atom is -0.368 e. The van der Waals surface area contributed by atoms with Crippen LogP contribution in [-0.4, -0.2) is 42.0 Å². The first-order chi connectivity index (χ1) is 9.74. The summed E-state index contributed by atoms with van der Waals surface area (Å²) in [7, 11) is 0. The van der Waals surface area contributed by atoms with E-state index in [1.165, 1.54) is 22.6 Å². The number of rotatable bonds is 2. The molecule has 4 nitrogen and oxygen atoms in total. The molecule has 104 valence electrons. The van der Waals surface area contributed by atoms with Crippen molar-refractivity contribution in [1.82, 2.24) is 9.88 Å². The molecule has 0 spiro atoms. The molecule has 1 aromatic carbocycles. The summed E-state index contributed by atoms with van der Waals surface area (Å²) in [6.07, 6.45) is 0. The Morgan fingerprint density at radius 2 is 2.05 bits per heavy atom. The quantitative estimate of drug-likeness (QED) is 0.851. The van der Waals surface area contributed by atoms with Crippen LogP contribution in [0.15, 0.2) is 35.2 Å². The molecule has 1 aliphatic heterocycles. The summed E-state index contributed by atoms with van der Waals surface area (Å²) in [6.45, 7) is 5.36. The lowest BCUT2D eigenvalue weighted by Crippen LogP contribution is -2.48. The number of thiazole rings is 1. The predicted octanol–water partition coefficient (Wildman–Crippen LogP) is 2.41. The van der Waals surface area contributed by atoms with Gasteiger partial charge in [0, 0.05) is 37.2 Å². The van der Waals surface area contributed by atoms with E-state index in [4.69, 9.17) is 0 Å². The first-order valence-corrected chi connectivity index (χ1v) is 7.67. The minimum absolute atomic E-state index is 0.0511. The monoisotopic (exact) mass is 287 g/mol. The highest BCUT2D eigenvalue weighted by atomic mass is 32.1. The van der Waals surface area contributed by atoms with E-state index in [0.717, 1.165) is 26.2 Å². The van der Waals surface area contributed by atoms with E-state index in [0.29, 0.717) is 5.69 Å². The Morgan fingerprint density at radius 3 is 2.70 bits per heavy atom. The van der Waals surface area contributed by atoms with Crippen molar-refractivity contribution in [2.45, 2.75) is 6.92 Å². The lowest BCUT2D eigenvalue weighted by molar-refractivity contribution is 0.0741. The highest BCUT2D eigenvalue weighted by Crippen LogP contribution is 2.18. The Balaban J connectivity index is 1.64. The van der Waals surface area contributed by atoms with E-state index in [1.807, 2.05) is 10.3 Å². The van der Waals surface area contributed by atoms with Crippen LogP contribution in [0.25, 0.3) is 0 Å². The Hall–Kier alpha value is -1.88. The van der Waals surface area contributed by atoms with Gasteiger partial charge in [-0.25, -0.2) is 4.98 Å². The fourth-order valence-electron chi connectivity index (χ4n) is 2.47. The number of benzene rings is 1. The molecular formula is C15H17N3OS. The van der Waals surface area contributed by atoms with Gasteiger partial charge in [-0.05, 0) is 24.6 Å². The van der Waals surface area contributed by atoms with Gasteiger partial charge >= 0.3 is 0 Å². The van der Waals surface area contributed by atoms with Crippen LogP contribution in [0, 0.1) is 6.92 Å². The number of anilines is 1. The molecular weight excluding hydrogens is 270 g/mol. The van der Waals surface area contributed by atoms with Crippen LogP contribution < -0.4 is 4.90 Å². The topological polar surface area (TPSA) is 36.4 Å². The Labute approximate surface area is 122 Å². The van der Waals surface area contributed by atoms with Crippen molar-refractivity contribution in [2.24, 2.45) is 0 Å². The van der Waals surface area contributed by atoms with Gasteiger partial charge in [-0.2, -0.15) is 0 Å². The predicted molar refractivity (Wildman–Crippen MR) is 81.4 cm³/mol. The summed E-state index contributed by atoms with van der Waals surface area (Å²) in [6, 6.07) is 8.51. The first-order valence-electron chi connectivity index (χ1n) is 6.73. The zero-order valence-corrected chi connectivity index (χ0v) is 12.3. The summed E-state index contributed by atoms with van der Waals surface area (Å²) in [5.74, 6) is 0.0511. The van der Waals surface area contributed by atoms with E-state index in [2.05, 4.69) is 41.1 Å². The third kappa shape index (κ3) is 2.67. The van der Waals surface area contributed by atoms with Crippen molar-refractivity contribution < 1.29 is 4.79 Å². The average molecular weight is 287 g/mol. The van der Waals surface area contributed by atoms with Crippen LogP contribution in [-0.2, 0) is 0 Å². The highest BCUT2D eigenvalue weighted by molar-refractivity contribution is 7.07. The van der Waals surface area contributed by atoms with Gasteiger partial charge in [0.15, 0.2) is 0 Å². The van der Waals surface area contributed by atoms with Gasteiger partial charge in [0.25, 0.3) is 5.91 Å². The molecule has 0 saturated carbocycles. The number of aryl methyl sites for hydroxylation is 1. The van der Waals surface area contributed by atoms with Crippen molar-refractivity contribution in [3.63, 3.8) is 0 Å². The molecule has 0 bridgehead atoms. The summed E-state index contributed by atoms with van der Waals surface area (Å²) >= 11 is 1.46. The van der Waals surface area contributed by atoms with E-state index in [1.54, 1.807) is 5.51 Å². The van der Waals surface area contributed by atoms with E-state index < -0.39 is 0 Å². The molecule has 3 rings (SSSR count). The zero-order chi connectivity index (χ0) is 13.9. The molecule has 2 aromatic rings. The van der Waals surface area contributed by atoms with Gasteiger partial charge < -0.3 is 9.80 Å². The van der Waals surface area contributed by atoms with E-state index in [-0.39, 0.29) is 5.91 Å². The molecule has 1 aromatic heterocycles. The molecule has 0 unspecified atom stereocenters. The maximum Gasteiger partial charge on any atom is 0.273 e. The average Bonchev–Trinajstić information content (AvgIpc) is 3.01. The van der Waals surface area contributed by atoms with Crippen LogP contribution >= 0.6 is 11.3 Å². The summed E-state index contributed by atoms with van der Waals surface area (Å²) in [4.78, 5) is 20.5. The second kappa shape index (κ2) is 5.63. The third-order valence-corrected chi connectivity index (χ3v) is 4.17. The molecule has 0 aliphatic carbocycles. The van der Waals surface area contributed by atoms with Crippen molar-refractivity contribution >= 4 is 22.9 Å². The highest BCUT2D eigenvalue weighted by Gasteiger charge is 2.23. The number of piperazine rings is 1. The second-order valence-electron chi connectivity index (χ2n) is 4.99. The molecule has 0 radical (unpaired) electrons. The smallest absolute Gasteiger partial charge is 0.273 e. The largest absolute Gasteiger partial charge is 0.368 e. The molecule has 1 aliphatic rings. The van der Waals surface area contributed by atoms with E-state index >= 15 is 0 Å². The van der Waals surface area contributed by atoms with Gasteiger partial charge in [-0.1, -0.05) is 12.1 Å². The number of hydrogen-bond donors (Lipinski definition) is 0. The summed E-state index contributed by atoms with van der Waals surface area (Å²) < 4.78 is 0. The normalized spacial score (nSPS) is 15.4. The lowest BCUT2D eigenvalue weighted by atomic mass is 10.2. The number of carbonyl (C=O) groups excluding carboxylic acids is 1. The third-order valence-electron chi connectivity index (χ3n) is 3.59. The van der Waals surface area contributed by atoms with Crippen molar-refractivity contribution in [3.05, 3.63) is 46.4 Å². The van der Waals surface area contributed by atoms with Gasteiger partial charge in [0.05, 0.1) is 5.51 Å². The maximum absolute atomic E-state index is 12.2. The number of aromatic nitrogens is 1. The van der Waals surface area contributed by atoms with Crippen molar-refractivity contribution in [3.8, 4) is 0 Å². The van der Waals surface area contributed by atoms with Gasteiger partial charge in [-0.15, -0.1) is 11.3 Å². The van der Waals surface area contributed by atoms with Crippen LogP contribution in [0.3, 0.4) is 0 Å². The zero-order valence-electron chi connectivity index (χ0n) is 11.5. The maximum atomic E-state index is 12.2. The standard InChI is InChI=1S/C15H17N3OS/c1-12-3-2-4-13(9-12)17-5-7-18(8-6-17)15(19)14-10-20-11-16-14/h2-4,9-11H,5-8H2,1H3. The molecule has 2 heterocycles. The Bertz CT molecular complexity index is 589. The molecule has 1 saturated heterocycles. The Kier molecular flexibility index (Phi) is 3.69. The summed E-state index contributed by atoms with van der Waals surface area (Å²) in [5, 5.41) is 1.81. The van der Waals surface area contributed by atoms with Crippen molar-refractivity contribution in [2.75, 3.05) is 31.1 Å². The van der Waals surface area contributed by atoms with Crippen molar-refractivity contribution in [1.29, 1.82) is 0 Å². The minimum atomic E-state index is 0.0511. The van der Waals surface area contributed by atoms with Gasteiger partial charge in [-0.3, -0.25) is 4.79 Å². The fraction of sp³-hybridized carbons (Fsp3) is 0.333. The van der Waals surface area contributed by atoms with Gasteiger partial charge in [0.1, 0.15) is 5.69 Å². The van der Waals surface area contributed by atoms with Crippen LogP contribution in [0.2, 0.25) is 0 Å². The van der Waals surface area contributed by atoms with Crippen LogP contribution in [0.1, 0.15) is 16.1 Å². The molecule has 20 heavy (non-hydrogen) atoms. The number of nitrogens with zero attached hydrogens (tertiary/aromatic N) is 3. The summed E-state index contributed by atoms with van der Waals surface area (Å²) in [5.41, 5.74) is 4.78. The number of amides is 1.